The Bertz CT molecular complexity index is 602. The van der Waals surface area contributed by atoms with Crippen molar-refractivity contribution in [2.45, 2.75) is 12.7 Å². The number of nitrogens with zero attached hydrogens (tertiary/aromatic N) is 1. The van der Waals surface area contributed by atoms with Crippen LogP contribution in [0.25, 0.3) is 0 Å². The van der Waals surface area contributed by atoms with Crippen LogP contribution in [0.5, 0.6) is 0 Å². The fourth-order valence-corrected chi connectivity index (χ4v) is 1.71. The molecule has 0 spiro atoms. The molecule has 7 heteroatoms. The molecule has 2 aromatic rings. The number of nitrogens with two attached hydrogens (primary N) is 1. The summed E-state index contributed by atoms with van der Waals surface area (Å²) < 4.78 is 38.0. The minimum absolute atomic E-state index is 0.0563. The smallest absolute Gasteiger partial charge is 0.399 e. The van der Waals surface area contributed by atoms with Crippen LogP contribution in [0, 0.1) is 0 Å². The molecule has 0 fully saturated rings. The summed E-state index contributed by atoms with van der Waals surface area (Å²) in [5.74, 6) is -0.607. The number of hydrogen-bond acceptors (Lipinski definition) is 2. The van der Waals surface area contributed by atoms with E-state index in [1.165, 1.54) is 18.3 Å². The lowest BCUT2D eigenvalue weighted by molar-refractivity contribution is -0.140. The topological polar surface area (TPSA) is 60.0 Å². The first-order valence-electron chi connectivity index (χ1n) is 5.74. The van der Waals surface area contributed by atoms with Gasteiger partial charge < -0.3 is 15.6 Å². The predicted molar refractivity (Wildman–Crippen MR) is 69.3 cm³/mol. The van der Waals surface area contributed by atoms with Crippen molar-refractivity contribution in [2.75, 3.05) is 11.1 Å². The largest absolute Gasteiger partial charge is 0.406 e. The standard InChI is InChI=1S/C13H12F3N3O/c14-13(15,16)8-19-7-1-2-11(19)12(20)18-10-5-3-9(17)4-6-10/h1-7H,8,17H2,(H,18,20). The zero-order valence-corrected chi connectivity index (χ0v) is 10.3. The quantitative estimate of drug-likeness (QED) is 0.851. The van der Waals surface area contributed by atoms with Crippen molar-refractivity contribution in [3.05, 3.63) is 48.3 Å². The van der Waals surface area contributed by atoms with E-state index in [0.29, 0.717) is 11.4 Å². The predicted octanol–water partition coefficient (Wildman–Crippen LogP) is 2.88. The van der Waals surface area contributed by atoms with Gasteiger partial charge in [0.25, 0.3) is 5.91 Å². The van der Waals surface area contributed by atoms with E-state index in [0.717, 1.165) is 4.57 Å². The summed E-state index contributed by atoms with van der Waals surface area (Å²) in [7, 11) is 0. The molecule has 0 saturated heterocycles. The third kappa shape index (κ3) is 3.53. The normalized spacial score (nSPS) is 11.3. The van der Waals surface area contributed by atoms with E-state index in [1.807, 2.05) is 0 Å². The van der Waals surface area contributed by atoms with E-state index in [2.05, 4.69) is 5.32 Å². The second kappa shape index (κ2) is 5.28. The molecule has 0 aliphatic carbocycles. The lowest BCUT2D eigenvalue weighted by Crippen LogP contribution is -2.23. The molecule has 1 heterocycles. The summed E-state index contributed by atoms with van der Waals surface area (Å²) in [6, 6.07) is 9.05. The van der Waals surface area contributed by atoms with Crippen molar-refractivity contribution >= 4 is 17.3 Å². The van der Waals surface area contributed by atoms with Gasteiger partial charge in [0, 0.05) is 17.6 Å². The number of nitrogens with one attached hydrogen (secondary N) is 1. The third-order valence-electron chi connectivity index (χ3n) is 2.58. The highest BCUT2D eigenvalue weighted by molar-refractivity contribution is 6.03. The van der Waals surface area contributed by atoms with E-state index >= 15 is 0 Å². The van der Waals surface area contributed by atoms with Crippen molar-refractivity contribution in [1.29, 1.82) is 0 Å². The fraction of sp³-hybridized carbons (Fsp3) is 0.154. The van der Waals surface area contributed by atoms with Crippen LogP contribution < -0.4 is 11.1 Å². The number of anilines is 2. The highest BCUT2D eigenvalue weighted by atomic mass is 19.4. The molecule has 0 radical (unpaired) electrons. The first-order valence-corrected chi connectivity index (χ1v) is 5.74. The average molecular weight is 283 g/mol. The zero-order chi connectivity index (χ0) is 14.8. The summed E-state index contributed by atoms with van der Waals surface area (Å²) >= 11 is 0. The van der Waals surface area contributed by atoms with Gasteiger partial charge in [-0.2, -0.15) is 13.2 Å². The SMILES string of the molecule is Nc1ccc(NC(=O)c2cccn2CC(F)(F)F)cc1. The lowest BCUT2D eigenvalue weighted by atomic mass is 10.3. The number of amides is 1. The number of aromatic nitrogens is 1. The van der Waals surface area contributed by atoms with E-state index in [9.17, 15) is 18.0 Å². The Balaban J connectivity index is 2.14. The van der Waals surface area contributed by atoms with Gasteiger partial charge in [0.05, 0.1) is 0 Å². The maximum Gasteiger partial charge on any atom is 0.406 e. The van der Waals surface area contributed by atoms with E-state index < -0.39 is 18.6 Å². The molecule has 3 N–H and O–H groups in total. The summed E-state index contributed by atoms with van der Waals surface area (Å²) in [6.45, 7) is -1.20. The highest BCUT2D eigenvalue weighted by Gasteiger charge is 2.29. The van der Waals surface area contributed by atoms with Gasteiger partial charge in [-0.25, -0.2) is 0 Å². The minimum atomic E-state index is -4.38. The Morgan fingerprint density at radius 2 is 1.85 bits per heavy atom. The molecule has 0 atom stereocenters. The number of rotatable bonds is 3. The van der Waals surface area contributed by atoms with Crippen LogP contribution in [0.2, 0.25) is 0 Å². The van der Waals surface area contributed by atoms with E-state index in [-0.39, 0.29) is 5.69 Å². The van der Waals surface area contributed by atoms with Gasteiger partial charge >= 0.3 is 6.18 Å². The van der Waals surface area contributed by atoms with Gasteiger partial charge in [-0.05, 0) is 36.4 Å². The fourth-order valence-electron chi connectivity index (χ4n) is 1.71. The van der Waals surface area contributed by atoms with Crippen molar-refractivity contribution in [3.63, 3.8) is 0 Å². The highest BCUT2D eigenvalue weighted by Crippen LogP contribution is 2.19. The Hall–Kier alpha value is -2.44. The molecule has 106 valence electrons. The Kier molecular flexibility index (Phi) is 3.69. The Labute approximate surface area is 113 Å². The van der Waals surface area contributed by atoms with Gasteiger partial charge in [0.2, 0.25) is 0 Å². The van der Waals surface area contributed by atoms with Crippen molar-refractivity contribution in [2.24, 2.45) is 0 Å². The Morgan fingerprint density at radius 1 is 1.20 bits per heavy atom. The molecule has 0 aliphatic rings. The van der Waals surface area contributed by atoms with Crippen LogP contribution in [0.1, 0.15) is 10.5 Å². The second-order valence-electron chi connectivity index (χ2n) is 4.21. The molecule has 0 bridgehead atoms. The number of nitrogen functional groups attached to an aromatic ring is 1. The van der Waals surface area contributed by atoms with Gasteiger partial charge in [-0.15, -0.1) is 0 Å². The zero-order valence-electron chi connectivity index (χ0n) is 10.3. The number of carbonyl (C=O) groups excluding carboxylic acids is 1. The molecule has 0 unspecified atom stereocenters. The molecule has 1 aromatic heterocycles. The molecular weight excluding hydrogens is 271 g/mol. The number of benzene rings is 1. The van der Waals surface area contributed by atoms with E-state index in [4.69, 9.17) is 5.73 Å². The van der Waals surface area contributed by atoms with E-state index in [1.54, 1.807) is 24.3 Å². The van der Waals surface area contributed by atoms with Crippen LogP contribution >= 0.6 is 0 Å². The molecule has 4 nitrogen and oxygen atoms in total. The Morgan fingerprint density at radius 3 is 2.45 bits per heavy atom. The maximum atomic E-state index is 12.4. The molecule has 20 heavy (non-hydrogen) atoms. The van der Waals surface area contributed by atoms with Gasteiger partial charge in [0.1, 0.15) is 12.2 Å². The molecule has 1 amide bonds. The molecular formula is C13H12F3N3O. The van der Waals surface area contributed by atoms with Crippen LogP contribution in [0.15, 0.2) is 42.6 Å². The molecule has 0 aliphatic heterocycles. The first kappa shape index (κ1) is 14.0. The summed E-state index contributed by atoms with van der Waals surface area (Å²) in [6.07, 6.45) is -3.17. The van der Waals surface area contributed by atoms with Crippen LogP contribution in [-0.4, -0.2) is 16.7 Å². The van der Waals surface area contributed by atoms with Crippen molar-refractivity contribution < 1.29 is 18.0 Å². The van der Waals surface area contributed by atoms with Gasteiger partial charge in [-0.1, -0.05) is 0 Å². The first-order chi connectivity index (χ1) is 9.35. The molecule has 2 rings (SSSR count). The summed E-state index contributed by atoms with van der Waals surface area (Å²) in [5, 5.41) is 2.52. The number of alkyl halides is 3. The van der Waals surface area contributed by atoms with Crippen molar-refractivity contribution in [3.8, 4) is 0 Å². The molecule has 1 aromatic carbocycles. The molecule has 0 saturated carbocycles. The van der Waals surface area contributed by atoms with Crippen LogP contribution in [0.3, 0.4) is 0 Å². The van der Waals surface area contributed by atoms with Crippen LogP contribution in [-0.2, 0) is 6.54 Å². The summed E-state index contributed by atoms with van der Waals surface area (Å²) in [4.78, 5) is 11.9. The number of carbonyl (C=O) groups is 1. The lowest BCUT2D eigenvalue weighted by Gasteiger charge is -2.12. The average Bonchev–Trinajstić information content (AvgIpc) is 2.78. The number of hydrogen-bond donors (Lipinski definition) is 2. The third-order valence-corrected chi connectivity index (χ3v) is 2.58. The second-order valence-corrected chi connectivity index (χ2v) is 4.21. The van der Waals surface area contributed by atoms with Crippen molar-refractivity contribution in [1.82, 2.24) is 4.57 Å². The monoisotopic (exact) mass is 283 g/mol. The summed E-state index contributed by atoms with van der Waals surface area (Å²) in [5.41, 5.74) is 6.44. The van der Waals surface area contributed by atoms with Crippen LogP contribution in [0.4, 0.5) is 24.5 Å². The van der Waals surface area contributed by atoms with Gasteiger partial charge in [-0.3, -0.25) is 4.79 Å². The number of halogens is 3. The maximum absolute atomic E-state index is 12.4. The van der Waals surface area contributed by atoms with Gasteiger partial charge in [0.15, 0.2) is 0 Å². The minimum Gasteiger partial charge on any atom is -0.399 e.